The Hall–Kier alpha value is -1.24. The number of hydrogen-bond acceptors (Lipinski definition) is 4. The van der Waals surface area contributed by atoms with E-state index in [1.807, 2.05) is 6.07 Å². The summed E-state index contributed by atoms with van der Waals surface area (Å²) in [6.07, 6.45) is 0. The lowest BCUT2D eigenvalue weighted by Gasteiger charge is -2.13. The van der Waals surface area contributed by atoms with Gasteiger partial charge in [0.2, 0.25) is 11.8 Å². The highest BCUT2D eigenvalue weighted by atomic mass is 35.5. The number of anilines is 1. The van der Waals surface area contributed by atoms with E-state index in [1.165, 1.54) is 0 Å². The van der Waals surface area contributed by atoms with E-state index in [2.05, 4.69) is 24.5 Å². The summed E-state index contributed by atoms with van der Waals surface area (Å²) < 4.78 is 0. The van der Waals surface area contributed by atoms with Gasteiger partial charge < -0.3 is 16.4 Å². The first-order chi connectivity index (χ1) is 9.42. The molecule has 110 valence electrons. The fraction of sp³-hybridized carbons (Fsp3) is 0.385. The number of carbonyl (C=O) groups excluding carboxylic acids is 2. The number of carbonyl (C=O) groups is 2. The van der Waals surface area contributed by atoms with E-state index in [1.54, 1.807) is 23.9 Å². The molecule has 0 atom stereocenters. The number of rotatable bonds is 6. The normalized spacial score (nSPS) is 10.4. The lowest BCUT2D eigenvalue weighted by molar-refractivity contribution is -0.123. The summed E-state index contributed by atoms with van der Waals surface area (Å²) in [5.41, 5.74) is 5.79. The number of amides is 2. The fourth-order valence-electron chi connectivity index (χ4n) is 1.40. The standard InChI is InChI=1S/C13H18ClN3O2S/c1-8(2)20-11-4-3-9(14)5-10(11)17-13(19)7-16-12(18)6-15/h3-5,8H,6-7,15H2,1-2H3,(H,16,18)(H,17,19). The zero-order valence-electron chi connectivity index (χ0n) is 11.4. The Morgan fingerprint density at radius 3 is 2.65 bits per heavy atom. The van der Waals surface area contributed by atoms with Crippen LogP contribution in [0.15, 0.2) is 23.1 Å². The van der Waals surface area contributed by atoms with E-state index >= 15 is 0 Å². The van der Waals surface area contributed by atoms with Crippen molar-refractivity contribution in [1.82, 2.24) is 5.32 Å². The monoisotopic (exact) mass is 315 g/mol. The van der Waals surface area contributed by atoms with E-state index in [-0.39, 0.29) is 24.9 Å². The predicted octanol–water partition coefficient (Wildman–Crippen LogP) is 1.85. The van der Waals surface area contributed by atoms with Gasteiger partial charge in [-0.3, -0.25) is 9.59 Å². The minimum Gasteiger partial charge on any atom is -0.346 e. The van der Waals surface area contributed by atoms with Crippen molar-refractivity contribution in [1.29, 1.82) is 0 Å². The zero-order valence-corrected chi connectivity index (χ0v) is 13.0. The number of thioether (sulfide) groups is 1. The van der Waals surface area contributed by atoms with E-state index in [0.717, 1.165) is 4.90 Å². The Morgan fingerprint density at radius 1 is 1.35 bits per heavy atom. The molecule has 0 aromatic heterocycles. The van der Waals surface area contributed by atoms with Gasteiger partial charge in [-0.05, 0) is 18.2 Å². The van der Waals surface area contributed by atoms with Crippen molar-refractivity contribution < 1.29 is 9.59 Å². The average molecular weight is 316 g/mol. The second kappa shape index (κ2) is 8.14. The first-order valence-corrected chi connectivity index (χ1v) is 7.41. The SMILES string of the molecule is CC(C)Sc1ccc(Cl)cc1NC(=O)CNC(=O)CN. The number of hydrogen-bond donors (Lipinski definition) is 3. The summed E-state index contributed by atoms with van der Waals surface area (Å²) >= 11 is 7.56. The number of benzene rings is 1. The lowest BCUT2D eigenvalue weighted by atomic mass is 10.3. The van der Waals surface area contributed by atoms with Gasteiger partial charge in [-0.1, -0.05) is 25.4 Å². The summed E-state index contributed by atoms with van der Waals surface area (Å²) in [5.74, 6) is -0.692. The molecule has 0 aliphatic carbocycles. The van der Waals surface area contributed by atoms with Crippen LogP contribution < -0.4 is 16.4 Å². The van der Waals surface area contributed by atoms with E-state index < -0.39 is 0 Å². The summed E-state index contributed by atoms with van der Waals surface area (Å²) in [7, 11) is 0. The van der Waals surface area contributed by atoms with Crippen LogP contribution in [-0.4, -0.2) is 30.2 Å². The Kier molecular flexibility index (Phi) is 6.84. The highest BCUT2D eigenvalue weighted by molar-refractivity contribution is 8.00. The molecule has 0 aliphatic rings. The van der Waals surface area contributed by atoms with Crippen molar-refractivity contribution in [2.45, 2.75) is 24.0 Å². The maximum atomic E-state index is 11.8. The summed E-state index contributed by atoms with van der Waals surface area (Å²) in [6, 6.07) is 5.33. The van der Waals surface area contributed by atoms with Crippen LogP contribution in [0.4, 0.5) is 5.69 Å². The molecule has 7 heteroatoms. The average Bonchev–Trinajstić information content (AvgIpc) is 2.38. The lowest BCUT2D eigenvalue weighted by Crippen LogP contribution is -2.36. The summed E-state index contributed by atoms with van der Waals surface area (Å²) in [4.78, 5) is 23.7. The molecule has 2 amide bonds. The molecule has 5 nitrogen and oxygen atoms in total. The van der Waals surface area contributed by atoms with Crippen molar-refractivity contribution in [3.05, 3.63) is 23.2 Å². The van der Waals surface area contributed by atoms with Crippen LogP contribution >= 0.6 is 23.4 Å². The second-order valence-corrected chi connectivity index (χ2v) is 6.39. The Morgan fingerprint density at radius 2 is 2.05 bits per heavy atom. The Labute approximate surface area is 127 Å². The van der Waals surface area contributed by atoms with Gasteiger partial charge in [0.25, 0.3) is 0 Å². The van der Waals surface area contributed by atoms with Crippen LogP contribution in [0.3, 0.4) is 0 Å². The maximum absolute atomic E-state index is 11.8. The minimum absolute atomic E-state index is 0.117. The number of nitrogens with one attached hydrogen (secondary N) is 2. The number of halogens is 1. The molecule has 20 heavy (non-hydrogen) atoms. The van der Waals surface area contributed by atoms with Gasteiger partial charge >= 0.3 is 0 Å². The fourth-order valence-corrected chi connectivity index (χ4v) is 2.47. The van der Waals surface area contributed by atoms with Crippen LogP contribution in [0.1, 0.15) is 13.8 Å². The third kappa shape index (κ3) is 5.81. The topological polar surface area (TPSA) is 84.2 Å². The van der Waals surface area contributed by atoms with Crippen molar-refractivity contribution >= 4 is 40.9 Å². The smallest absolute Gasteiger partial charge is 0.243 e. The first kappa shape index (κ1) is 16.8. The van der Waals surface area contributed by atoms with Gasteiger partial charge in [-0.15, -0.1) is 11.8 Å². The molecular weight excluding hydrogens is 298 g/mol. The molecule has 0 saturated carbocycles. The highest BCUT2D eigenvalue weighted by Crippen LogP contribution is 2.32. The highest BCUT2D eigenvalue weighted by Gasteiger charge is 2.10. The van der Waals surface area contributed by atoms with Crippen LogP contribution in [0.2, 0.25) is 5.02 Å². The third-order valence-corrected chi connectivity index (χ3v) is 3.53. The second-order valence-electron chi connectivity index (χ2n) is 4.34. The van der Waals surface area contributed by atoms with Crippen LogP contribution in [0.5, 0.6) is 0 Å². The summed E-state index contributed by atoms with van der Waals surface area (Å²) in [5, 5.41) is 6.07. The van der Waals surface area contributed by atoms with Gasteiger partial charge in [0.1, 0.15) is 0 Å². The van der Waals surface area contributed by atoms with Crippen molar-refractivity contribution in [3.63, 3.8) is 0 Å². The zero-order chi connectivity index (χ0) is 15.1. The van der Waals surface area contributed by atoms with Crippen LogP contribution in [0.25, 0.3) is 0 Å². The molecule has 1 rings (SSSR count). The molecular formula is C13H18ClN3O2S. The Balaban J connectivity index is 2.72. The molecule has 0 radical (unpaired) electrons. The summed E-state index contributed by atoms with van der Waals surface area (Å²) in [6.45, 7) is 3.87. The molecule has 1 aromatic carbocycles. The van der Waals surface area contributed by atoms with Crippen LogP contribution in [-0.2, 0) is 9.59 Å². The molecule has 0 bridgehead atoms. The minimum atomic E-state index is -0.372. The molecule has 0 spiro atoms. The largest absolute Gasteiger partial charge is 0.346 e. The van der Waals surface area contributed by atoms with Crippen molar-refractivity contribution in [2.75, 3.05) is 18.4 Å². The molecule has 0 heterocycles. The molecule has 0 unspecified atom stereocenters. The van der Waals surface area contributed by atoms with E-state index in [4.69, 9.17) is 17.3 Å². The maximum Gasteiger partial charge on any atom is 0.243 e. The number of nitrogens with two attached hydrogens (primary N) is 1. The van der Waals surface area contributed by atoms with Gasteiger partial charge in [-0.25, -0.2) is 0 Å². The molecule has 0 aliphatic heterocycles. The molecule has 4 N–H and O–H groups in total. The molecule has 0 fully saturated rings. The quantitative estimate of drug-likeness (QED) is 0.700. The Bertz CT molecular complexity index is 495. The van der Waals surface area contributed by atoms with Crippen molar-refractivity contribution in [2.24, 2.45) is 5.73 Å². The van der Waals surface area contributed by atoms with Crippen LogP contribution in [0, 0.1) is 0 Å². The van der Waals surface area contributed by atoms with E-state index in [9.17, 15) is 9.59 Å². The van der Waals surface area contributed by atoms with Gasteiger partial charge in [0, 0.05) is 15.2 Å². The molecule has 1 aromatic rings. The van der Waals surface area contributed by atoms with Crippen molar-refractivity contribution in [3.8, 4) is 0 Å². The van der Waals surface area contributed by atoms with Gasteiger partial charge in [0.15, 0.2) is 0 Å². The predicted molar refractivity (Wildman–Crippen MR) is 83.1 cm³/mol. The van der Waals surface area contributed by atoms with Gasteiger partial charge in [0.05, 0.1) is 18.8 Å². The third-order valence-electron chi connectivity index (χ3n) is 2.21. The first-order valence-electron chi connectivity index (χ1n) is 6.15. The molecule has 0 saturated heterocycles. The van der Waals surface area contributed by atoms with Gasteiger partial charge in [-0.2, -0.15) is 0 Å². The van der Waals surface area contributed by atoms with E-state index in [0.29, 0.717) is 16.0 Å².